The zero-order chi connectivity index (χ0) is 10.6. The van der Waals surface area contributed by atoms with Gasteiger partial charge < -0.3 is 14.7 Å². The average Bonchev–Trinajstić information content (AvgIpc) is 2.01. The number of rotatable bonds is 4. The third-order valence-electron chi connectivity index (χ3n) is 2.73. The highest BCUT2D eigenvalue weighted by atomic mass is 35.5. The summed E-state index contributed by atoms with van der Waals surface area (Å²) in [4.78, 5) is 12.9. The van der Waals surface area contributed by atoms with E-state index < -0.39 is 5.97 Å². The van der Waals surface area contributed by atoms with E-state index in [0.29, 0.717) is 13.2 Å². The van der Waals surface area contributed by atoms with Gasteiger partial charge in [-0.3, -0.25) is 4.79 Å². The van der Waals surface area contributed by atoms with Gasteiger partial charge in [0.2, 0.25) is 0 Å². The number of ether oxygens (including phenoxy) is 1. The van der Waals surface area contributed by atoms with Crippen LogP contribution in [0, 0.1) is 5.41 Å². The van der Waals surface area contributed by atoms with Crippen molar-refractivity contribution in [1.29, 1.82) is 0 Å². The van der Waals surface area contributed by atoms with Crippen molar-refractivity contribution in [2.75, 3.05) is 33.9 Å². The average molecular weight is 238 g/mol. The van der Waals surface area contributed by atoms with Gasteiger partial charge in [-0.05, 0) is 32.4 Å². The van der Waals surface area contributed by atoms with Crippen LogP contribution in [0.1, 0.15) is 19.3 Å². The predicted molar refractivity (Wildman–Crippen MR) is 60.5 cm³/mol. The van der Waals surface area contributed by atoms with Crippen molar-refractivity contribution in [3.8, 4) is 0 Å². The van der Waals surface area contributed by atoms with Crippen LogP contribution < -0.4 is 0 Å². The minimum atomic E-state index is -0.700. The Morgan fingerprint density at radius 3 is 2.33 bits per heavy atom. The lowest BCUT2D eigenvalue weighted by Crippen LogP contribution is -2.40. The molecule has 0 saturated carbocycles. The van der Waals surface area contributed by atoms with Gasteiger partial charge in [0.25, 0.3) is 0 Å². The predicted octanol–water partition coefficient (Wildman–Crippen LogP) is 1.24. The molecule has 0 unspecified atom stereocenters. The summed E-state index contributed by atoms with van der Waals surface area (Å²) < 4.78 is 5.28. The second-order valence-corrected chi connectivity index (χ2v) is 4.42. The summed E-state index contributed by atoms with van der Waals surface area (Å²) in [6.07, 6.45) is 1.98. The maximum absolute atomic E-state index is 10.8. The lowest BCUT2D eigenvalue weighted by atomic mass is 9.77. The Morgan fingerprint density at radius 2 is 1.93 bits per heavy atom. The quantitative estimate of drug-likeness (QED) is 0.800. The van der Waals surface area contributed by atoms with E-state index in [1.165, 1.54) is 0 Å². The van der Waals surface area contributed by atoms with E-state index in [0.717, 1.165) is 19.4 Å². The Labute approximate surface area is 97.0 Å². The molecule has 0 amide bonds. The first-order valence-electron chi connectivity index (χ1n) is 4.98. The highest BCUT2D eigenvalue weighted by molar-refractivity contribution is 5.85. The topological polar surface area (TPSA) is 49.8 Å². The summed E-state index contributed by atoms with van der Waals surface area (Å²) in [6, 6.07) is 0. The number of carboxylic acid groups (broad SMARTS) is 1. The molecular weight excluding hydrogens is 218 g/mol. The second-order valence-electron chi connectivity index (χ2n) is 4.42. The maximum Gasteiger partial charge on any atom is 0.303 e. The number of nitrogens with zero attached hydrogens (tertiary/aromatic N) is 1. The van der Waals surface area contributed by atoms with Crippen LogP contribution >= 0.6 is 12.4 Å². The van der Waals surface area contributed by atoms with Gasteiger partial charge in [-0.1, -0.05) is 0 Å². The van der Waals surface area contributed by atoms with Crippen molar-refractivity contribution < 1.29 is 14.6 Å². The fourth-order valence-electron chi connectivity index (χ4n) is 2.19. The van der Waals surface area contributed by atoms with Gasteiger partial charge in [0, 0.05) is 19.8 Å². The van der Waals surface area contributed by atoms with E-state index >= 15 is 0 Å². The van der Waals surface area contributed by atoms with E-state index in [1.807, 2.05) is 14.1 Å². The molecule has 1 N–H and O–H groups in total. The first-order chi connectivity index (χ1) is 6.54. The Hall–Kier alpha value is -0.320. The molecule has 0 radical (unpaired) electrons. The summed E-state index contributed by atoms with van der Waals surface area (Å²) in [7, 11) is 3.97. The smallest absolute Gasteiger partial charge is 0.303 e. The summed E-state index contributed by atoms with van der Waals surface area (Å²) in [6.45, 7) is 2.23. The zero-order valence-electron chi connectivity index (χ0n) is 9.36. The Kier molecular flexibility index (Phi) is 6.17. The van der Waals surface area contributed by atoms with Crippen molar-refractivity contribution in [2.45, 2.75) is 19.3 Å². The van der Waals surface area contributed by atoms with Gasteiger partial charge in [0.05, 0.1) is 6.42 Å². The molecule has 0 aromatic rings. The number of carboxylic acids is 1. The molecule has 0 aromatic carbocycles. The molecule has 90 valence electrons. The second kappa shape index (κ2) is 6.30. The fourth-order valence-corrected chi connectivity index (χ4v) is 2.19. The summed E-state index contributed by atoms with van der Waals surface area (Å²) in [5.41, 5.74) is -0.0758. The SMILES string of the molecule is CN(C)CC1(CC(=O)O)CCOCC1.Cl. The van der Waals surface area contributed by atoms with Crippen molar-refractivity contribution >= 4 is 18.4 Å². The van der Waals surface area contributed by atoms with Crippen molar-refractivity contribution in [3.63, 3.8) is 0 Å². The van der Waals surface area contributed by atoms with E-state index in [4.69, 9.17) is 9.84 Å². The minimum Gasteiger partial charge on any atom is -0.481 e. The number of halogens is 1. The first-order valence-corrected chi connectivity index (χ1v) is 4.98. The summed E-state index contributed by atoms with van der Waals surface area (Å²) in [5.74, 6) is -0.700. The van der Waals surface area contributed by atoms with Crippen LogP contribution in [0.3, 0.4) is 0 Å². The molecule has 0 atom stereocenters. The Morgan fingerprint density at radius 1 is 1.40 bits per heavy atom. The van der Waals surface area contributed by atoms with Crippen LogP contribution in [0.15, 0.2) is 0 Å². The third kappa shape index (κ3) is 4.82. The number of hydrogen-bond donors (Lipinski definition) is 1. The monoisotopic (exact) mass is 237 g/mol. The fraction of sp³-hybridized carbons (Fsp3) is 0.900. The molecule has 5 heteroatoms. The molecule has 1 heterocycles. The molecule has 0 spiro atoms. The van der Waals surface area contributed by atoms with E-state index in [1.54, 1.807) is 0 Å². The van der Waals surface area contributed by atoms with Crippen LogP contribution in [-0.2, 0) is 9.53 Å². The van der Waals surface area contributed by atoms with Crippen molar-refractivity contribution in [3.05, 3.63) is 0 Å². The normalized spacial score (nSPS) is 19.7. The minimum absolute atomic E-state index is 0. The van der Waals surface area contributed by atoms with Crippen molar-refractivity contribution in [2.24, 2.45) is 5.41 Å². The van der Waals surface area contributed by atoms with Crippen LogP contribution in [0.5, 0.6) is 0 Å². The van der Waals surface area contributed by atoms with Crippen LogP contribution in [-0.4, -0.2) is 49.8 Å². The summed E-state index contributed by atoms with van der Waals surface area (Å²) in [5, 5.41) is 8.88. The van der Waals surface area contributed by atoms with Crippen LogP contribution in [0.2, 0.25) is 0 Å². The van der Waals surface area contributed by atoms with Gasteiger partial charge in [0.15, 0.2) is 0 Å². The van der Waals surface area contributed by atoms with Gasteiger partial charge in [-0.2, -0.15) is 0 Å². The molecule has 4 nitrogen and oxygen atoms in total. The van der Waals surface area contributed by atoms with E-state index in [-0.39, 0.29) is 24.2 Å². The van der Waals surface area contributed by atoms with Gasteiger partial charge in [-0.15, -0.1) is 12.4 Å². The molecule has 1 aliphatic heterocycles. The van der Waals surface area contributed by atoms with Gasteiger partial charge in [0.1, 0.15) is 0 Å². The van der Waals surface area contributed by atoms with Crippen LogP contribution in [0.25, 0.3) is 0 Å². The highest BCUT2D eigenvalue weighted by Crippen LogP contribution is 2.34. The first kappa shape index (κ1) is 14.7. The summed E-state index contributed by atoms with van der Waals surface area (Å²) >= 11 is 0. The molecule has 0 aromatic heterocycles. The van der Waals surface area contributed by atoms with Crippen LogP contribution in [0.4, 0.5) is 0 Å². The number of hydrogen-bond acceptors (Lipinski definition) is 3. The molecular formula is C10H20ClNO3. The molecule has 1 saturated heterocycles. The van der Waals surface area contributed by atoms with Gasteiger partial charge >= 0.3 is 5.97 Å². The molecule has 1 fully saturated rings. The molecule has 1 rings (SSSR count). The molecule has 0 aliphatic carbocycles. The van der Waals surface area contributed by atoms with E-state index in [9.17, 15) is 4.79 Å². The molecule has 15 heavy (non-hydrogen) atoms. The number of carbonyl (C=O) groups is 1. The molecule has 1 aliphatic rings. The largest absolute Gasteiger partial charge is 0.481 e. The third-order valence-corrected chi connectivity index (χ3v) is 2.73. The van der Waals surface area contributed by atoms with E-state index in [2.05, 4.69) is 4.90 Å². The Bertz CT molecular complexity index is 203. The Balaban J connectivity index is 0.00000196. The lowest BCUT2D eigenvalue weighted by Gasteiger charge is -2.38. The maximum atomic E-state index is 10.8. The lowest BCUT2D eigenvalue weighted by molar-refractivity contribution is -0.141. The number of aliphatic carboxylic acids is 1. The zero-order valence-corrected chi connectivity index (χ0v) is 10.2. The standard InChI is InChI=1S/C10H19NO3.ClH/c1-11(2)8-10(7-9(12)13)3-5-14-6-4-10;/h3-8H2,1-2H3,(H,12,13);1H. The molecule has 0 bridgehead atoms. The van der Waals surface area contributed by atoms with Gasteiger partial charge in [-0.25, -0.2) is 0 Å². The highest BCUT2D eigenvalue weighted by Gasteiger charge is 2.35. The van der Waals surface area contributed by atoms with Crippen molar-refractivity contribution in [1.82, 2.24) is 4.90 Å².